The van der Waals surface area contributed by atoms with Crippen LogP contribution in [-0.4, -0.2) is 19.3 Å². The molecule has 2 aromatic heterocycles. The van der Waals surface area contributed by atoms with E-state index >= 15 is 0 Å². The predicted octanol–water partition coefficient (Wildman–Crippen LogP) is 3.00. The van der Waals surface area contributed by atoms with Crippen LogP contribution in [0.4, 0.5) is 17.6 Å². The van der Waals surface area contributed by atoms with Crippen LogP contribution in [0, 0.1) is 12.7 Å². The van der Waals surface area contributed by atoms with E-state index < -0.39 is 17.3 Å². The fourth-order valence-electron chi connectivity index (χ4n) is 2.48. The Labute approximate surface area is 145 Å². The molecule has 1 aromatic carbocycles. The topological polar surface area (TPSA) is 52.7 Å². The van der Waals surface area contributed by atoms with Crippen LogP contribution in [0.15, 0.2) is 47.4 Å². The molecule has 3 rings (SSSR count). The maximum absolute atomic E-state index is 13.0. The number of pyridine rings is 1. The van der Waals surface area contributed by atoms with Crippen LogP contribution in [0.25, 0.3) is 0 Å². The van der Waals surface area contributed by atoms with Gasteiger partial charge in [-0.05, 0) is 30.7 Å². The molecule has 0 amide bonds. The molecule has 0 atom stereocenters. The van der Waals surface area contributed by atoms with Crippen LogP contribution in [0.3, 0.4) is 0 Å². The van der Waals surface area contributed by atoms with E-state index in [1.807, 2.05) is 0 Å². The second-order valence-electron chi connectivity index (χ2n) is 5.74. The molecule has 5 nitrogen and oxygen atoms in total. The highest BCUT2D eigenvalue weighted by molar-refractivity contribution is 5.17. The number of rotatable bonds is 4. The number of halogens is 4. The van der Waals surface area contributed by atoms with Gasteiger partial charge in [-0.2, -0.15) is 18.3 Å². The average molecular weight is 366 g/mol. The van der Waals surface area contributed by atoms with Gasteiger partial charge in [0.1, 0.15) is 17.5 Å². The first-order chi connectivity index (χ1) is 12.2. The predicted molar refractivity (Wildman–Crippen MR) is 85.1 cm³/mol. The second kappa shape index (κ2) is 6.74. The molecule has 0 bridgehead atoms. The summed E-state index contributed by atoms with van der Waals surface area (Å²) in [5.41, 5.74) is -0.751. The number of aromatic nitrogens is 4. The SMILES string of the molecule is Cc1nc(Cn2cc(C(F)(F)F)ccc2=O)n(Cc2ccc(F)cc2)n1. The first kappa shape index (κ1) is 17.8. The maximum atomic E-state index is 13.0. The van der Waals surface area contributed by atoms with Crippen molar-refractivity contribution in [2.45, 2.75) is 26.2 Å². The summed E-state index contributed by atoms with van der Waals surface area (Å²) in [6, 6.07) is 7.37. The zero-order valence-electron chi connectivity index (χ0n) is 13.7. The first-order valence-corrected chi connectivity index (χ1v) is 7.65. The molecule has 0 saturated carbocycles. The van der Waals surface area contributed by atoms with E-state index in [1.165, 1.54) is 16.8 Å². The highest BCUT2D eigenvalue weighted by Gasteiger charge is 2.31. The van der Waals surface area contributed by atoms with E-state index in [2.05, 4.69) is 10.1 Å². The van der Waals surface area contributed by atoms with Gasteiger partial charge in [-0.1, -0.05) is 12.1 Å². The molecular weight excluding hydrogens is 352 g/mol. The lowest BCUT2D eigenvalue weighted by atomic mass is 10.2. The van der Waals surface area contributed by atoms with Crippen molar-refractivity contribution in [1.82, 2.24) is 19.3 Å². The first-order valence-electron chi connectivity index (χ1n) is 7.65. The Morgan fingerprint density at radius 1 is 1.04 bits per heavy atom. The summed E-state index contributed by atoms with van der Waals surface area (Å²) in [4.78, 5) is 16.1. The van der Waals surface area contributed by atoms with Crippen LogP contribution in [0.2, 0.25) is 0 Å². The number of alkyl halides is 3. The molecular formula is C17H14F4N4O. The Hall–Kier alpha value is -2.97. The third kappa shape index (κ3) is 3.98. The van der Waals surface area contributed by atoms with Gasteiger partial charge in [0, 0.05) is 12.3 Å². The molecule has 0 radical (unpaired) electrons. The maximum Gasteiger partial charge on any atom is 0.417 e. The monoisotopic (exact) mass is 366 g/mol. The van der Waals surface area contributed by atoms with Gasteiger partial charge in [0.2, 0.25) is 0 Å². The van der Waals surface area contributed by atoms with Crippen molar-refractivity contribution in [1.29, 1.82) is 0 Å². The van der Waals surface area contributed by atoms with Crippen molar-refractivity contribution < 1.29 is 17.6 Å². The van der Waals surface area contributed by atoms with E-state index in [0.717, 1.165) is 28.5 Å². The molecule has 3 aromatic rings. The van der Waals surface area contributed by atoms with E-state index in [4.69, 9.17) is 0 Å². The minimum absolute atomic E-state index is 0.162. The highest BCUT2D eigenvalue weighted by Crippen LogP contribution is 2.28. The molecule has 0 aliphatic carbocycles. The minimum Gasteiger partial charge on any atom is -0.307 e. The van der Waals surface area contributed by atoms with Gasteiger partial charge in [-0.15, -0.1) is 0 Å². The summed E-state index contributed by atoms with van der Waals surface area (Å²) in [5.74, 6) is 0.370. The smallest absolute Gasteiger partial charge is 0.307 e. The molecule has 0 fully saturated rings. The lowest BCUT2D eigenvalue weighted by Gasteiger charge is -2.11. The summed E-state index contributed by atoms with van der Waals surface area (Å²) >= 11 is 0. The van der Waals surface area contributed by atoms with Crippen LogP contribution < -0.4 is 5.56 Å². The molecule has 136 valence electrons. The number of nitrogens with zero attached hydrogens (tertiary/aromatic N) is 4. The van der Waals surface area contributed by atoms with Crippen molar-refractivity contribution in [2.24, 2.45) is 0 Å². The molecule has 0 spiro atoms. The largest absolute Gasteiger partial charge is 0.417 e. The van der Waals surface area contributed by atoms with Gasteiger partial charge in [0.25, 0.3) is 5.56 Å². The van der Waals surface area contributed by atoms with Crippen molar-refractivity contribution >= 4 is 0 Å². The molecule has 0 aliphatic heterocycles. The van der Waals surface area contributed by atoms with Gasteiger partial charge in [0.15, 0.2) is 0 Å². The van der Waals surface area contributed by atoms with E-state index in [1.54, 1.807) is 19.1 Å². The molecule has 9 heteroatoms. The van der Waals surface area contributed by atoms with Crippen LogP contribution in [0.5, 0.6) is 0 Å². The highest BCUT2D eigenvalue weighted by atomic mass is 19.4. The number of hydrogen-bond donors (Lipinski definition) is 0. The van der Waals surface area contributed by atoms with Gasteiger partial charge >= 0.3 is 6.18 Å². The molecule has 0 N–H and O–H groups in total. The van der Waals surface area contributed by atoms with Crippen LogP contribution in [-0.2, 0) is 19.3 Å². The summed E-state index contributed by atoms with van der Waals surface area (Å²) in [5, 5.41) is 4.20. The fourth-order valence-corrected chi connectivity index (χ4v) is 2.48. The Kier molecular flexibility index (Phi) is 4.62. The molecule has 0 saturated heterocycles. The average Bonchev–Trinajstić information content (AvgIpc) is 2.90. The normalized spacial score (nSPS) is 11.7. The van der Waals surface area contributed by atoms with Gasteiger partial charge in [0.05, 0.1) is 18.7 Å². The van der Waals surface area contributed by atoms with Crippen molar-refractivity contribution in [3.05, 3.63) is 81.5 Å². The third-order valence-corrected chi connectivity index (χ3v) is 3.72. The van der Waals surface area contributed by atoms with Gasteiger partial charge in [-0.25, -0.2) is 14.1 Å². The lowest BCUT2D eigenvalue weighted by molar-refractivity contribution is -0.138. The molecule has 0 unspecified atom stereocenters. The third-order valence-electron chi connectivity index (χ3n) is 3.72. The number of aryl methyl sites for hydroxylation is 1. The summed E-state index contributed by atoms with van der Waals surface area (Å²) in [6.07, 6.45) is -3.79. The number of hydrogen-bond acceptors (Lipinski definition) is 3. The molecule has 2 heterocycles. The molecule has 0 aliphatic rings. The van der Waals surface area contributed by atoms with Crippen LogP contribution in [0.1, 0.15) is 22.8 Å². The minimum atomic E-state index is -4.55. The standard InChI is InChI=1S/C17H14F4N4O/c1-11-22-15(25(23-11)8-12-2-5-14(18)6-3-12)10-24-9-13(17(19,20)21)4-7-16(24)26/h2-7,9H,8,10H2,1H3. The number of benzene rings is 1. The summed E-state index contributed by atoms with van der Waals surface area (Å²) in [7, 11) is 0. The lowest BCUT2D eigenvalue weighted by Crippen LogP contribution is -2.23. The van der Waals surface area contributed by atoms with E-state index in [9.17, 15) is 22.4 Å². The summed E-state index contributed by atoms with van der Waals surface area (Å²) in [6.45, 7) is 1.73. The Morgan fingerprint density at radius 3 is 2.38 bits per heavy atom. The Bertz CT molecular complexity index is 974. The van der Waals surface area contributed by atoms with E-state index in [0.29, 0.717) is 11.6 Å². The van der Waals surface area contributed by atoms with E-state index in [-0.39, 0.29) is 18.9 Å². The summed E-state index contributed by atoms with van der Waals surface area (Å²) < 4.78 is 54.0. The Balaban J connectivity index is 1.91. The van der Waals surface area contributed by atoms with Gasteiger partial charge in [-0.3, -0.25) is 4.79 Å². The fraction of sp³-hybridized carbons (Fsp3) is 0.235. The zero-order chi connectivity index (χ0) is 18.9. The van der Waals surface area contributed by atoms with Crippen molar-refractivity contribution in [3.8, 4) is 0 Å². The Morgan fingerprint density at radius 2 is 1.73 bits per heavy atom. The van der Waals surface area contributed by atoms with Crippen molar-refractivity contribution in [2.75, 3.05) is 0 Å². The van der Waals surface area contributed by atoms with Gasteiger partial charge < -0.3 is 4.57 Å². The zero-order valence-corrected chi connectivity index (χ0v) is 13.7. The van der Waals surface area contributed by atoms with Crippen LogP contribution >= 0.6 is 0 Å². The van der Waals surface area contributed by atoms with Crippen molar-refractivity contribution in [3.63, 3.8) is 0 Å². The quantitative estimate of drug-likeness (QED) is 0.667. The molecule has 26 heavy (non-hydrogen) atoms. The second-order valence-corrected chi connectivity index (χ2v) is 5.74.